The lowest BCUT2D eigenvalue weighted by atomic mass is 10.1. The predicted octanol–water partition coefficient (Wildman–Crippen LogP) is 3.49. The molecule has 0 aromatic heterocycles. The average Bonchev–Trinajstić information content (AvgIpc) is 2.46. The van der Waals surface area contributed by atoms with Gasteiger partial charge in [0.2, 0.25) is 5.78 Å². The first kappa shape index (κ1) is 14.7. The minimum Gasteiger partial charge on any atom is -0.483 e. The molecule has 5 heteroatoms. The molecule has 0 N–H and O–H groups in total. The number of nitrogens with zero attached hydrogens (tertiary/aromatic N) is 1. The summed E-state index contributed by atoms with van der Waals surface area (Å²) in [5.41, 5.74) is 0.153. The van der Waals surface area contributed by atoms with E-state index in [4.69, 9.17) is 10.00 Å². The number of benzene rings is 2. The van der Waals surface area contributed by atoms with Gasteiger partial charge in [-0.25, -0.2) is 8.78 Å². The molecule has 0 amide bonds. The Bertz CT molecular complexity index is 722. The van der Waals surface area contributed by atoms with Gasteiger partial charge in [-0.05, 0) is 37.3 Å². The molecule has 0 saturated heterocycles. The lowest BCUT2D eigenvalue weighted by molar-refractivity contribution is 0.0813. The number of ether oxygens (including phenoxy) is 1. The number of carbonyl (C=O) groups excluding carboxylic acids is 1. The van der Waals surface area contributed by atoms with Crippen LogP contribution >= 0.6 is 0 Å². The summed E-state index contributed by atoms with van der Waals surface area (Å²) in [5, 5.41) is 8.79. The van der Waals surface area contributed by atoms with E-state index in [9.17, 15) is 13.6 Å². The SMILES string of the molecule is CC(Oc1cccc(C#N)c1)C(=O)c1ccc(F)cc1F. The highest BCUT2D eigenvalue weighted by Crippen LogP contribution is 2.18. The van der Waals surface area contributed by atoms with Gasteiger partial charge in [-0.1, -0.05) is 6.07 Å². The second-order valence-corrected chi connectivity index (χ2v) is 4.39. The monoisotopic (exact) mass is 287 g/mol. The van der Waals surface area contributed by atoms with Crippen LogP contribution in [-0.4, -0.2) is 11.9 Å². The number of Topliss-reactive ketones (excluding diaryl/α,β-unsaturated/α-hetero) is 1. The molecule has 0 aliphatic rings. The van der Waals surface area contributed by atoms with Gasteiger partial charge < -0.3 is 4.74 Å². The van der Waals surface area contributed by atoms with E-state index < -0.39 is 23.5 Å². The summed E-state index contributed by atoms with van der Waals surface area (Å²) in [6.45, 7) is 1.46. The van der Waals surface area contributed by atoms with E-state index in [2.05, 4.69) is 0 Å². The van der Waals surface area contributed by atoms with Crippen LogP contribution in [-0.2, 0) is 0 Å². The van der Waals surface area contributed by atoms with Crippen LogP contribution in [0.2, 0.25) is 0 Å². The minimum atomic E-state index is -0.959. The van der Waals surface area contributed by atoms with Crippen molar-refractivity contribution in [2.24, 2.45) is 0 Å². The highest BCUT2D eigenvalue weighted by molar-refractivity contribution is 5.99. The van der Waals surface area contributed by atoms with Crippen molar-refractivity contribution in [3.8, 4) is 11.8 Å². The van der Waals surface area contributed by atoms with Crippen molar-refractivity contribution < 1.29 is 18.3 Å². The van der Waals surface area contributed by atoms with Crippen molar-refractivity contribution >= 4 is 5.78 Å². The number of carbonyl (C=O) groups is 1. The summed E-state index contributed by atoms with van der Waals surface area (Å²) in [5.74, 6) is -1.95. The summed E-state index contributed by atoms with van der Waals surface area (Å²) in [7, 11) is 0. The molecule has 2 rings (SSSR count). The first-order valence-corrected chi connectivity index (χ1v) is 6.17. The van der Waals surface area contributed by atoms with Gasteiger partial charge in [0.05, 0.1) is 17.2 Å². The van der Waals surface area contributed by atoms with Crippen LogP contribution < -0.4 is 4.74 Å². The van der Waals surface area contributed by atoms with Crippen LogP contribution in [0.5, 0.6) is 5.75 Å². The van der Waals surface area contributed by atoms with Gasteiger partial charge in [0, 0.05) is 6.07 Å². The third-order valence-electron chi connectivity index (χ3n) is 2.84. The molecular weight excluding hydrogens is 276 g/mol. The van der Waals surface area contributed by atoms with Crippen molar-refractivity contribution in [2.75, 3.05) is 0 Å². The van der Waals surface area contributed by atoms with E-state index in [0.717, 1.165) is 12.1 Å². The Morgan fingerprint density at radius 2 is 2.00 bits per heavy atom. The topological polar surface area (TPSA) is 50.1 Å². The maximum absolute atomic E-state index is 13.6. The fourth-order valence-corrected chi connectivity index (χ4v) is 1.80. The lowest BCUT2D eigenvalue weighted by Gasteiger charge is -2.14. The third kappa shape index (κ3) is 3.42. The second kappa shape index (κ2) is 6.14. The van der Waals surface area contributed by atoms with Crippen LogP contribution in [0.4, 0.5) is 8.78 Å². The summed E-state index contributed by atoms with van der Waals surface area (Å²) in [4.78, 5) is 12.1. The molecule has 0 saturated carbocycles. The van der Waals surface area contributed by atoms with Gasteiger partial charge in [-0.2, -0.15) is 5.26 Å². The molecule has 0 aliphatic carbocycles. The Kier molecular flexibility index (Phi) is 4.29. The highest BCUT2D eigenvalue weighted by Gasteiger charge is 2.20. The first-order valence-electron chi connectivity index (χ1n) is 6.17. The molecule has 1 atom stereocenters. The fourth-order valence-electron chi connectivity index (χ4n) is 1.80. The summed E-state index contributed by atoms with van der Waals surface area (Å²) >= 11 is 0. The molecule has 0 spiro atoms. The number of nitriles is 1. The average molecular weight is 287 g/mol. The van der Waals surface area contributed by atoms with Crippen LogP contribution in [0.3, 0.4) is 0 Å². The summed E-state index contributed by atoms with van der Waals surface area (Å²) < 4.78 is 31.8. The van der Waals surface area contributed by atoms with E-state index in [0.29, 0.717) is 17.4 Å². The van der Waals surface area contributed by atoms with Crippen LogP contribution in [0.15, 0.2) is 42.5 Å². The molecule has 21 heavy (non-hydrogen) atoms. The van der Waals surface area contributed by atoms with Crippen molar-refractivity contribution in [3.05, 3.63) is 65.2 Å². The van der Waals surface area contributed by atoms with Crippen LogP contribution in [0.1, 0.15) is 22.8 Å². The molecule has 106 valence electrons. The molecule has 0 heterocycles. The minimum absolute atomic E-state index is 0.236. The quantitative estimate of drug-likeness (QED) is 0.809. The van der Waals surface area contributed by atoms with Crippen molar-refractivity contribution in [2.45, 2.75) is 13.0 Å². The van der Waals surface area contributed by atoms with Gasteiger partial charge in [-0.15, -0.1) is 0 Å². The molecule has 0 radical (unpaired) electrons. The predicted molar refractivity (Wildman–Crippen MR) is 71.9 cm³/mol. The van der Waals surface area contributed by atoms with E-state index in [1.165, 1.54) is 13.0 Å². The molecular formula is C16H11F2NO2. The van der Waals surface area contributed by atoms with Gasteiger partial charge in [-0.3, -0.25) is 4.79 Å². The maximum atomic E-state index is 13.6. The largest absolute Gasteiger partial charge is 0.483 e. The molecule has 0 fully saturated rings. The number of halogens is 2. The summed E-state index contributed by atoms with van der Waals surface area (Å²) in [6, 6.07) is 11.0. The van der Waals surface area contributed by atoms with Gasteiger partial charge in [0.25, 0.3) is 0 Å². The van der Waals surface area contributed by atoms with Gasteiger partial charge in [0.1, 0.15) is 17.4 Å². The fraction of sp³-hybridized carbons (Fsp3) is 0.125. The van der Waals surface area contributed by atoms with E-state index >= 15 is 0 Å². The second-order valence-electron chi connectivity index (χ2n) is 4.39. The Balaban J connectivity index is 2.17. The van der Waals surface area contributed by atoms with Crippen molar-refractivity contribution in [1.82, 2.24) is 0 Å². The van der Waals surface area contributed by atoms with Crippen LogP contribution in [0.25, 0.3) is 0 Å². The number of hydrogen-bond donors (Lipinski definition) is 0. The number of ketones is 1. The Morgan fingerprint density at radius 1 is 1.24 bits per heavy atom. The zero-order chi connectivity index (χ0) is 15.4. The Morgan fingerprint density at radius 3 is 2.67 bits per heavy atom. The van der Waals surface area contributed by atoms with Crippen molar-refractivity contribution in [1.29, 1.82) is 5.26 Å². The Labute approximate surface area is 120 Å². The number of hydrogen-bond acceptors (Lipinski definition) is 3. The maximum Gasteiger partial charge on any atom is 0.205 e. The molecule has 3 nitrogen and oxygen atoms in total. The molecule has 0 bridgehead atoms. The van der Waals surface area contributed by atoms with Crippen molar-refractivity contribution in [3.63, 3.8) is 0 Å². The first-order chi connectivity index (χ1) is 10.0. The zero-order valence-corrected chi connectivity index (χ0v) is 11.1. The van der Waals surface area contributed by atoms with E-state index in [-0.39, 0.29) is 5.56 Å². The highest BCUT2D eigenvalue weighted by atomic mass is 19.1. The smallest absolute Gasteiger partial charge is 0.205 e. The summed E-state index contributed by atoms with van der Waals surface area (Å²) in [6.07, 6.45) is -0.959. The van der Waals surface area contributed by atoms with E-state index in [1.54, 1.807) is 18.2 Å². The van der Waals surface area contributed by atoms with Gasteiger partial charge >= 0.3 is 0 Å². The molecule has 2 aromatic rings. The standard InChI is InChI=1S/C16H11F2NO2/c1-10(21-13-4-2-3-11(7-13)9-19)16(20)14-6-5-12(17)8-15(14)18/h2-8,10H,1H3. The molecule has 0 aliphatic heterocycles. The molecule has 1 unspecified atom stereocenters. The number of rotatable bonds is 4. The van der Waals surface area contributed by atoms with E-state index in [1.807, 2.05) is 6.07 Å². The normalized spacial score (nSPS) is 11.5. The zero-order valence-electron chi connectivity index (χ0n) is 11.1. The lowest BCUT2D eigenvalue weighted by Crippen LogP contribution is -2.24. The van der Waals surface area contributed by atoms with Crippen LogP contribution in [0, 0.1) is 23.0 Å². The third-order valence-corrected chi connectivity index (χ3v) is 2.84. The Hall–Kier alpha value is -2.74. The van der Waals surface area contributed by atoms with Gasteiger partial charge in [0.15, 0.2) is 6.10 Å². The molecule has 2 aromatic carbocycles.